The number of nitrogens with one attached hydrogen (secondary N) is 2. The fourth-order valence-corrected chi connectivity index (χ4v) is 3.13. The fraction of sp³-hybridized carbons (Fsp3) is 0.474. The number of rotatable bonds is 8. The van der Waals surface area contributed by atoms with E-state index in [4.69, 9.17) is 0 Å². The van der Waals surface area contributed by atoms with Crippen LogP contribution in [0.15, 0.2) is 35.5 Å². The van der Waals surface area contributed by atoms with E-state index in [9.17, 15) is 0 Å². The van der Waals surface area contributed by atoms with E-state index in [1.807, 2.05) is 6.20 Å². The molecule has 1 aromatic carbocycles. The van der Waals surface area contributed by atoms with E-state index < -0.39 is 0 Å². The number of aliphatic imine (C=N–C) groups is 1. The van der Waals surface area contributed by atoms with Gasteiger partial charge < -0.3 is 15.5 Å². The molecule has 2 rings (SSSR count). The molecule has 0 atom stereocenters. The third-order valence-electron chi connectivity index (χ3n) is 3.77. The summed E-state index contributed by atoms with van der Waals surface area (Å²) < 4.78 is 0. The van der Waals surface area contributed by atoms with Crippen LogP contribution in [0, 0.1) is 6.92 Å². The van der Waals surface area contributed by atoms with E-state index in [1.165, 1.54) is 16.1 Å². The molecule has 0 aliphatic carbocycles. The highest BCUT2D eigenvalue weighted by molar-refractivity contribution is 7.11. The van der Waals surface area contributed by atoms with Crippen molar-refractivity contribution >= 4 is 23.0 Å². The van der Waals surface area contributed by atoms with Crippen molar-refractivity contribution in [3.63, 3.8) is 0 Å². The van der Waals surface area contributed by atoms with Gasteiger partial charge in [-0.2, -0.15) is 0 Å². The van der Waals surface area contributed by atoms with Gasteiger partial charge in [-0.15, -0.1) is 11.3 Å². The summed E-state index contributed by atoms with van der Waals surface area (Å²) in [6, 6.07) is 8.76. The maximum atomic E-state index is 4.61. The zero-order chi connectivity index (χ0) is 18.1. The molecule has 6 heteroatoms. The first-order chi connectivity index (χ1) is 12.1. The molecular weight excluding hydrogens is 330 g/mol. The molecule has 0 bridgehead atoms. The number of benzene rings is 1. The molecule has 0 amide bonds. The second-order valence-electron chi connectivity index (χ2n) is 6.15. The van der Waals surface area contributed by atoms with Crippen LogP contribution < -0.4 is 15.5 Å². The molecule has 136 valence electrons. The molecule has 2 aromatic rings. The molecule has 1 aromatic heterocycles. The van der Waals surface area contributed by atoms with Gasteiger partial charge in [0.1, 0.15) is 5.01 Å². The summed E-state index contributed by atoms with van der Waals surface area (Å²) in [5, 5.41) is 7.75. The second-order valence-corrected chi connectivity index (χ2v) is 7.47. The zero-order valence-electron chi connectivity index (χ0n) is 15.7. The third kappa shape index (κ3) is 6.74. The lowest BCUT2D eigenvalue weighted by molar-refractivity contribution is 0.743. The Balaban J connectivity index is 1.76. The van der Waals surface area contributed by atoms with E-state index in [0.717, 1.165) is 36.9 Å². The lowest BCUT2D eigenvalue weighted by atomic mass is 10.1. The molecule has 0 saturated heterocycles. The van der Waals surface area contributed by atoms with Crippen LogP contribution in [0.1, 0.15) is 28.8 Å². The first kappa shape index (κ1) is 19.2. The molecule has 1 heterocycles. The van der Waals surface area contributed by atoms with Crippen LogP contribution in [0.5, 0.6) is 0 Å². The highest BCUT2D eigenvalue weighted by atomic mass is 32.1. The van der Waals surface area contributed by atoms with Crippen molar-refractivity contribution < 1.29 is 0 Å². The summed E-state index contributed by atoms with van der Waals surface area (Å²) in [6.07, 6.45) is 4.03. The Bertz CT molecular complexity index is 661. The summed E-state index contributed by atoms with van der Waals surface area (Å²) in [6.45, 7) is 6.53. The van der Waals surface area contributed by atoms with Gasteiger partial charge in [0.05, 0.1) is 6.54 Å². The first-order valence-electron chi connectivity index (χ1n) is 8.78. The molecular formula is C19H29N5S. The van der Waals surface area contributed by atoms with Crippen LogP contribution in [-0.2, 0) is 13.0 Å². The van der Waals surface area contributed by atoms with Gasteiger partial charge in [-0.1, -0.05) is 12.1 Å². The van der Waals surface area contributed by atoms with Crippen LogP contribution in [0.4, 0.5) is 5.69 Å². The molecule has 0 saturated carbocycles. The van der Waals surface area contributed by atoms with Crippen molar-refractivity contribution in [3.05, 3.63) is 45.9 Å². The van der Waals surface area contributed by atoms with Crippen LogP contribution in [0.25, 0.3) is 0 Å². The average Bonchev–Trinajstić information content (AvgIpc) is 3.02. The molecule has 0 fully saturated rings. The highest BCUT2D eigenvalue weighted by Crippen LogP contribution is 2.13. The summed E-state index contributed by atoms with van der Waals surface area (Å²) >= 11 is 1.70. The van der Waals surface area contributed by atoms with E-state index in [0.29, 0.717) is 6.54 Å². The third-order valence-corrected chi connectivity index (χ3v) is 4.67. The van der Waals surface area contributed by atoms with Gasteiger partial charge in [0, 0.05) is 43.9 Å². The van der Waals surface area contributed by atoms with Gasteiger partial charge in [0.2, 0.25) is 0 Å². The number of nitrogens with zero attached hydrogens (tertiary/aromatic N) is 3. The topological polar surface area (TPSA) is 52.6 Å². The molecule has 5 nitrogen and oxygen atoms in total. The lowest BCUT2D eigenvalue weighted by Crippen LogP contribution is -2.37. The van der Waals surface area contributed by atoms with E-state index in [-0.39, 0.29) is 0 Å². The number of guanidine groups is 1. The average molecular weight is 360 g/mol. The largest absolute Gasteiger partial charge is 0.378 e. The highest BCUT2D eigenvalue weighted by Gasteiger charge is 2.01. The van der Waals surface area contributed by atoms with Crippen molar-refractivity contribution in [3.8, 4) is 0 Å². The number of anilines is 1. The predicted molar refractivity (Wildman–Crippen MR) is 109 cm³/mol. The summed E-state index contributed by atoms with van der Waals surface area (Å²) in [7, 11) is 4.13. The fourth-order valence-electron chi connectivity index (χ4n) is 2.42. The molecule has 0 radical (unpaired) electrons. The minimum Gasteiger partial charge on any atom is -0.378 e. The van der Waals surface area contributed by atoms with Crippen LogP contribution in [-0.4, -0.2) is 38.1 Å². The summed E-state index contributed by atoms with van der Waals surface area (Å²) in [5.41, 5.74) is 2.61. The molecule has 0 unspecified atom stereocenters. The monoisotopic (exact) mass is 359 g/mol. The summed E-state index contributed by atoms with van der Waals surface area (Å²) in [5.74, 6) is 0.860. The molecule has 25 heavy (non-hydrogen) atoms. The van der Waals surface area contributed by atoms with Crippen LogP contribution in [0.3, 0.4) is 0 Å². The summed E-state index contributed by atoms with van der Waals surface area (Å²) in [4.78, 5) is 12.3. The Morgan fingerprint density at radius 2 is 1.96 bits per heavy atom. The molecule has 0 aliphatic rings. The maximum absolute atomic E-state index is 4.61. The smallest absolute Gasteiger partial charge is 0.191 e. The van der Waals surface area contributed by atoms with Crippen LogP contribution >= 0.6 is 11.3 Å². The number of hydrogen-bond acceptors (Lipinski definition) is 4. The van der Waals surface area contributed by atoms with Crippen molar-refractivity contribution in [1.82, 2.24) is 15.6 Å². The Morgan fingerprint density at radius 3 is 2.56 bits per heavy atom. The second kappa shape index (κ2) is 10.0. The minimum atomic E-state index is 0.625. The Kier molecular flexibility index (Phi) is 7.73. The normalized spacial score (nSPS) is 11.4. The Hall–Kier alpha value is -2.08. The van der Waals surface area contributed by atoms with E-state index in [1.54, 1.807) is 11.3 Å². The van der Waals surface area contributed by atoms with Gasteiger partial charge in [0.15, 0.2) is 5.96 Å². The number of aryl methyl sites for hydroxylation is 2. The van der Waals surface area contributed by atoms with Gasteiger partial charge in [-0.25, -0.2) is 9.98 Å². The Morgan fingerprint density at radius 1 is 1.20 bits per heavy atom. The SMILES string of the molecule is CCNC(=NCc1ncc(C)s1)NCCCc1ccc(N(C)C)cc1. The number of hydrogen-bond donors (Lipinski definition) is 2. The standard InChI is InChI=1S/C19H29N5S/c1-5-20-19(23-14-18-22-13-15(2)25-18)21-12-6-7-16-8-10-17(11-9-16)24(3)4/h8-11,13H,5-7,12,14H2,1-4H3,(H2,20,21,23). The molecule has 2 N–H and O–H groups in total. The van der Waals surface area contributed by atoms with Gasteiger partial charge >= 0.3 is 0 Å². The maximum Gasteiger partial charge on any atom is 0.191 e. The quantitative estimate of drug-likeness (QED) is 0.432. The van der Waals surface area contributed by atoms with Gasteiger partial charge in [-0.3, -0.25) is 0 Å². The van der Waals surface area contributed by atoms with Gasteiger partial charge in [-0.05, 0) is 44.4 Å². The van der Waals surface area contributed by atoms with Crippen molar-refractivity contribution in [2.75, 3.05) is 32.1 Å². The van der Waals surface area contributed by atoms with Gasteiger partial charge in [0.25, 0.3) is 0 Å². The van der Waals surface area contributed by atoms with E-state index >= 15 is 0 Å². The molecule has 0 spiro atoms. The minimum absolute atomic E-state index is 0.625. The van der Waals surface area contributed by atoms with Crippen molar-refractivity contribution in [1.29, 1.82) is 0 Å². The molecule has 0 aliphatic heterocycles. The van der Waals surface area contributed by atoms with Crippen molar-refractivity contribution in [2.45, 2.75) is 33.2 Å². The Labute approximate surface area is 155 Å². The predicted octanol–water partition coefficient (Wildman–Crippen LogP) is 3.21. The lowest BCUT2D eigenvalue weighted by Gasteiger charge is -2.13. The first-order valence-corrected chi connectivity index (χ1v) is 9.60. The van der Waals surface area contributed by atoms with E-state index in [2.05, 4.69) is 77.7 Å². The number of aromatic nitrogens is 1. The van der Waals surface area contributed by atoms with Crippen molar-refractivity contribution in [2.24, 2.45) is 4.99 Å². The zero-order valence-corrected chi connectivity index (χ0v) is 16.5. The van der Waals surface area contributed by atoms with Crippen LogP contribution in [0.2, 0.25) is 0 Å². The number of thiazole rings is 1.